The fraction of sp³-hybridized carbons (Fsp3) is 0.333. The number of benzene rings is 1. The second-order valence-corrected chi connectivity index (χ2v) is 3.56. The molecule has 1 N–H and O–H groups in total. The Hall–Kier alpha value is -2.44. The Labute approximate surface area is 109 Å². The third kappa shape index (κ3) is 2.54. The SMILES string of the molecule is CCOc1c(OC)cc(-c2n[nH]c(=O)o2)cc1OC. The largest absolute Gasteiger partial charge is 0.493 e. The van der Waals surface area contributed by atoms with E-state index >= 15 is 0 Å². The van der Waals surface area contributed by atoms with Gasteiger partial charge in [0.15, 0.2) is 11.5 Å². The highest BCUT2D eigenvalue weighted by Gasteiger charge is 2.17. The predicted molar refractivity (Wildman–Crippen MR) is 66.8 cm³/mol. The average molecular weight is 266 g/mol. The number of hydrogen-bond acceptors (Lipinski definition) is 6. The molecular formula is C12H14N2O5. The minimum atomic E-state index is -0.623. The molecule has 19 heavy (non-hydrogen) atoms. The summed E-state index contributed by atoms with van der Waals surface area (Å²) in [5.41, 5.74) is 0.551. The number of ether oxygens (including phenoxy) is 3. The molecule has 0 aliphatic heterocycles. The molecule has 0 radical (unpaired) electrons. The number of nitrogens with one attached hydrogen (secondary N) is 1. The normalized spacial score (nSPS) is 10.3. The van der Waals surface area contributed by atoms with E-state index < -0.39 is 5.76 Å². The Balaban J connectivity index is 2.55. The van der Waals surface area contributed by atoms with E-state index in [-0.39, 0.29) is 5.89 Å². The maximum absolute atomic E-state index is 11.0. The van der Waals surface area contributed by atoms with Crippen LogP contribution in [0.4, 0.5) is 0 Å². The van der Waals surface area contributed by atoms with E-state index in [0.717, 1.165) is 0 Å². The summed E-state index contributed by atoms with van der Waals surface area (Å²) in [5, 5.41) is 5.95. The molecule has 0 aliphatic carbocycles. The standard InChI is InChI=1S/C12H14N2O5/c1-4-18-10-8(16-2)5-7(6-9(10)17-3)11-13-14-12(15)19-11/h5-6H,4H2,1-3H3,(H,14,15). The van der Waals surface area contributed by atoms with Crippen molar-refractivity contribution in [1.82, 2.24) is 10.2 Å². The van der Waals surface area contributed by atoms with Crippen LogP contribution in [0.3, 0.4) is 0 Å². The molecular weight excluding hydrogens is 252 g/mol. The summed E-state index contributed by atoms with van der Waals surface area (Å²) in [6.07, 6.45) is 0. The van der Waals surface area contributed by atoms with Gasteiger partial charge in [-0.2, -0.15) is 0 Å². The molecule has 0 fully saturated rings. The fourth-order valence-corrected chi connectivity index (χ4v) is 1.64. The Morgan fingerprint density at radius 1 is 1.26 bits per heavy atom. The van der Waals surface area contributed by atoms with Crippen molar-refractivity contribution in [2.24, 2.45) is 0 Å². The van der Waals surface area contributed by atoms with Crippen LogP contribution in [0.25, 0.3) is 11.5 Å². The minimum Gasteiger partial charge on any atom is -0.493 e. The van der Waals surface area contributed by atoms with E-state index in [1.165, 1.54) is 14.2 Å². The predicted octanol–water partition coefficient (Wildman–Crippen LogP) is 1.45. The summed E-state index contributed by atoms with van der Waals surface area (Å²) in [4.78, 5) is 11.0. The molecule has 1 heterocycles. The molecule has 2 rings (SSSR count). The molecule has 102 valence electrons. The van der Waals surface area contributed by atoms with E-state index in [0.29, 0.717) is 29.4 Å². The minimum absolute atomic E-state index is 0.157. The topological polar surface area (TPSA) is 86.6 Å². The molecule has 0 saturated heterocycles. The van der Waals surface area contributed by atoms with Gasteiger partial charge in [0.1, 0.15) is 0 Å². The lowest BCUT2D eigenvalue weighted by Gasteiger charge is -2.14. The van der Waals surface area contributed by atoms with Crippen molar-refractivity contribution in [3.8, 4) is 28.7 Å². The molecule has 0 aliphatic rings. The van der Waals surface area contributed by atoms with Crippen molar-refractivity contribution in [3.63, 3.8) is 0 Å². The van der Waals surface area contributed by atoms with Crippen LogP contribution in [-0.4, -0.2) is 31.0 Å². The molecule has 2 aromatic rings. The number of rotatable bonds is 5. The van der Waals surface area contributed by atoms with Crippen LogP contribution in [0.5, 0.6) is 17.2 Å². The number of aromatic nitrogens is 2. The molecule has 0 saturated carbocycles. The van der Waals surface area contributed by atoms with E-state index in [1.54, 1.807) is 12.1 Å². The van der Waals surface area contributed by atoms with Crippen LogP contribution < -0.4 is 20.0 Å². The molecule has 7 heteroatoms. The second kappa shape index (κ2) is 5.47. The van der Waals surface area contributed by atoms with Gasteiger partial charge in [0, 0.05) is 5.56 Å². The molecule has 0 amide bonds. The lowest BCUT2D eigenvalue weighted by Crippen LogP contribution is -1.99. The zero-order valence-electron chi connectivity index (χ0n) is 10.9. The number of methoxy groups -OCH3 is 2. The van der Waals surface area contributed by atoms with E-state index in [4.69, 9.17) is 18.6 Å². The summed E-state index contributed by atoms with van der Waals surface area (Å²) < 4.78 is 20.9. The van der Waals surface area contributed by atoms with E-state index in [1.807, 2.05) is 6.92 Å². The Kier molecular flexibility index (Phi) is 3.74. The van der Waals surface area contributed by atoms with Gasteiger partial charge in [-0.3, -0.25) is 0 Å². The van der Waals surface area contributed by atoms with Gasteiger partial charge in [0.25, 0.3) is 0 Å². The molecule has 1 aromatic heterocycles. The Morgan fingerprint density at radius 2 is 1.89 bits per heavy atom. The monoisotopic (exact) mass is 266 g/mol. The van der Waals surface area contributed by atoms with Crippen molar-refractivity contribution in [2.45, 2.75) is 6.92 Å². The quantitative estimate of drug-likeness (QED) is 0.881. The summed E-state index contributed by atoms with van der Waals surface area (Å²) in [6.45, 7) is 2.34. The molecule has 0 atom stereocenters. The number of nitrogens with zero attached hydrogens (tertiary/aromatic N) is 1. The number of hydrogen-bond donors (Lipinski definition) is 1. The van der Waals surface area contributed by atoms with Gasteiger partial charge >= 0.3 is 5.76 Å². The third-order valence-corrected chi connectivity index (χ3v) is 2.43. The van der Waals surface area contributed by atoms with Crippen LogP contribution in [0, 0.1) is 0 Å². The van der Waals surface area contributed by atoms with Gasteiger partial charge in [-0.15, -0.1) is 5.10 Å². The number of aromatic amines is 1. The zero-order chi connectivity index (χ0) is 13.8. The lowest BCUT2D eigenvalue weighted by atomic mass is 10.2. The van der Waals surface area contributed by atoms with Crippen molar-refractivity contribution in [2.75, 3.05) is 20.8 Å². The maximum Gasteiger partial charge on any atom is 0.434 e. The van der Waals surface area contributed by atoms with Gasteiger partial charge in [-0.05, 0) is 19.1 Å². The maximum atomic E-state index is 11.0. The average Bonchev–Trinajstić information content (AvgIpc) is 2.85. The summed E-state index contributed by atoms with van der Waals surface area (Å²) >= 11 is 0. The van der Waals surface area contributed by atoms with Crippen molar-refractivity contribution >= 4 is 0 Å². The van der Waals surface area contributed by atoms with Crippen molar-refractivity contribution in [1.29, 1.82) is 0 Å². The zero-order valence-corrected chi connectivity index (χ0v) is 10.9. The third-order valence-electron chi connectivity index (χ3n) is 2.43. The Morgan fingerprint density at radius 3 is 2.32 bits per heavy atom. The summed E-state index contributed by atoms with van der Waals surface area (Å²) in [7, 11) is 3.03. The van der Waals surface area contributed by atoms with E-state index in [9.17, 15) is 4.79 Å². The first kappa shape index (κ1) is 13.0. The first-order chi connectivity index (χ1) is 9.19. The highest BCUT2D eigenvalue weighted by atomic mass is 16.5. The highest BCUT2D eigenvalue weighted by Crippen LogP contribution is 2.40. The van der Waals surface area contributed by atoms with Gasteiger partial charge in [0.2, 0.25) is 11.6 Å². The lowest BCUT2D eigenvalue weighted by molar-refractivity contribution is 0.288. The molecule has 7 nitrogen and oxygen atoms in total. The van der Waals surface area contributed by atoms with E-state index in [2.05, 4.69) is 10.2 Å². The second-order valence-electron chi connectivity index (χ2n) is 3.56. The van der Waals surface area contributed by atoms with Crippen molar-refractivity contribution < 1.29 is 18.6 Å². The van der Waals surface area contributed by atoms with Crippen LogP contribution in [0.15, 0.2) is 21.3 Å². The molecule has 0 unspecified atom stereocenters. The van der Waals surface area contributed by atoms with Crippen molar-refractivity contribution in [3.05, 3.63) is 22.7 Å². The highest BCUT2D eigenvalue weighted by molar-refractivity contribution is 5.65. The molecule has 0 bridgehead atoms. The van der Waals surface area contributed by atoms with Gasteiger partial charge < -0.3 is 18.6 Å². The van der Waals surface area contributed by atoms with Crippen LogP contribution >= 0.6 is 0 Å². The molecule has 0 spiro atoms. The number of H-pyrrole nitrogens is 1. The fourth-order valence-electron chi connectivity index (χ4n) is 1.64. The summed E-state index contributed by atoms with van der Waals surface area (Å²) in [5.74, 6) is 0.976. The summed E-state index contributed by atoms with van der Waals surface area (Å²) in [6, 6.07) is 3.32. The smallest absolute Gasteiger partial charge is 0.434 e. The Bertz CT molecular complexity index is 592. The van der Waals surface area contributed by atoms with Crippen LogP contribution in [0.1, 0.15) is 6.92 Å². The molecule has 1 aromatic carbocycles. The first-order valence-electron chi connectivity index (χ1n) is 5.64. The first-order valence-corrected chi connectivity index (χ1v) is 5.64. The van der Waals surface area contributed by atoms with Crippen LogP contribution in [-0.2, 0) is 0 Å². The van der Waals surface area contributed by atoms with Gasteiger partial charge in [0.05, 0.1) is 20.8 Å². The van der Waals surface area contributed by atoms with Gasteiger partial charge in [-0.1, -0.05) is 0 Å². The van der Waals surface area contributed by atoms with Crippen LogP contribution in [0.2, 0.25) is 0 Å². The van der Waals surface area contributed by atoms with Gasteiger partial charge in [-0.25, -0.2) is 9.89 Å².